The van der Waals surface area contributed by atoms with Gasteiger partial charge in [0.2, 0.25) is 0 Å². The Morgan fingerprint density at radius 1 is 1.17 bits per heavy atom. The number of rotatable bonds is 6. The van der Waals surface area contributed by atoms with E-state index < -0.39 is 0 Å². The number of carbonyl (C=O) groups is 1. The van der Waals surface area contributed by atoms with Crippen LogP contribution in [0.4, 0.5) is 10.5 Å². The van der Waals surface area contributed by atoms with Gasteiger partial charge in [0.1, 0.15) is 0 Å². The van der Waals surface area contributed by atoms with Crippen molar-refractivity contribution in [2.24, 2.45) is 0 Å². The maximum absolute atomic E-state index is 12.5. The quantitative estimate of drug-likeness (QED) is 0.692. The van der Waals surface area contributed by atoms with Gasteiger partial charge >= 0.3 is 6.03 Å². The lowest BCUT2D eigenvalue weighted by Crippen LogP contribution is -2.41. The summed E-state index contributed by atoms with van der Waals surface area (Å²) in [6, 6.07) is 2.95. The Labute approximate surface area is 179 Å². The van der Waals surface area contributed by atoms with Crippen molar-refractivity contribution in [1.29, 1.82) is 0 Å². The maximum atomic E-state index is 12.5. The second kappa shape index (κ2) is 9.54. The van der Waals surface area contributed by atoms with Crippen molar-refractivity contribution in [3.63, 3.8) is 0 Å². The topological polar surface area (TPSA) is 47.6 Å². The van der Waals surface area contributed by atoms with Crippen LogP contribution in [0.15, 0.2) is 17.6 Å². The largest absolute Gasteiger partial charge is 0.329 e. The number of likely N-dealkylation sites (tertiary alicyclic amines) is 1. The predicted molar refractivity (Wildman–Crippen MR) is 123 cm³/mol. The van der Waals surface area contributed by atoms with Crippen LogP contribution >= 0.6 is 11.9 Å². The lowest BCUT2D eigenvalue weighted by molar-refractivity contribution is 0.155. The van der Waals surface area contributed by atoms with Crippen molar-refractivity contribution < 1.29 is 4.79 Å². The minimum Gasteiger partial charge on any atom is -0.307 e. The van der Waals surface area contributed by atoms with Gasteiger partial charge in [0, 0.05) is 18.3 Å². The SMILES string of the molecule is CN1CCC(N(C)C/C=C/SNC(=O)Nc2c3c(cc4c2CCC4)CCC3)CC1. The standard InChI is InChI=1S/C23H34N4OS/c1-26-13-10-19(11-14-26)27(2)12-5-15-29-25-23(28)24-22-20-8-3-6-17(20)16-18-7-4-9-21(18)22/h5,15-16,19H,3-4,6-14H2,1-2H3,(H2,24,25,28)/b15-5+. The monoisotopic (exact) mass is 414 g/mol. The van der Waals surface area contributed by atoms with Gasteiger partial charge in [-0.2, -0.15) is 0 Å². The number of hydrogen-bond donors (Lipinski definition) is 2. The molecule has 1 aliphatic heterocycles. The molecule has 2 aliphatic carbocycles. The highest BCUT2D eigenvalue weighted by Crippen LogP contribution is 2.38. The minimum absolute atomic E-state index is 0.113. The fourth-order valence-corrected chi connectivity index (χ4v) is 5.44. The molecule has 2 N–H and O–H groups in total. The molecule has 0 aromatic heterocycles. The number of amides is 2. The van der Waals surface area contributed by atoms with Crippen molar-refractivity contribution in [2.45, 2.75) is 57.4 Å². The maximum Gasteiger partial charge on any atom is 0.329 e. The molecule has 1 heterocycles. The molecule has 29 heavy (non-hydrogen) atoms. The summed E-state index contributed by atoms with van der Waals surface area (Å²) in [5.74, 6) is 0. The number of anilines is 1. The van der Waals surface area contributed by atoms with Crippen LogP contribution in [0, 0.1) is 0 Å². The van der Waals surface area contributed by atoms with Crippen LogP contribution in [-0.2, 0) is 25.7 Å². The van der Waals surface area contributed by atoms with Crippen molar-refractivity contribution in [2.75, 3.05) is 39.0 Å². The molecule has 0 spiro atoms. The molecular formula is C23H34N4OS. The first-order valence-electron chi connectivity index (χ1n) is 11.0. The van der Waals surface area contributed by atoms with Gasteiger partial charge < -0.3 is 10.2 Å². The summed E-state index contributed by atoms with van der Waals surface area (Å²) in [6.45, 7) is 3.29. The summed E-state index contributed by atoms with van der Waals surface area (Å²) >= 11 is 1.36. The Morgan fingerprint density at radius 3 is 2.48 bits per heavy atom. The Bertz CT molecular complexity index is 738. The normalized spacial score (nSPS) is 19.7. The van der Waals surface area contributed by atoms with Gasteiger partial charge in [0.05, 0.1) is 0 Å². The molecule has 1 fully saturated rings. The molecule has 158 valence electrons. The number of urea groups is 1. The number of benzene rings is 1. The lowest BCUT2D eigenvalue weighted by Gasteiger charge is -2.34. The van der Waals surface area contributed by atoms with E-state index in [9.17, 15) is 4.79 Å². The van der Waals surface area contributed by atoms with Crippen LogP contribution in [0.25, 0.3) is 0 Å². The van der Waals surface area contributed by atoms with Crippen molar-refractivity contribution in [3.05, 3.63) is 39.8 Å². The molecule has 6 heteroatoms. The average Bonchev–Trinajstić information content (AvgIpc) is 3.37. The first kappa shape index (κ1) is 20.8. The molecule has 0 atom stereocenters. The van der Waals surface area contributed by atoms with E-state index in [0.717, 1.165) is 37.9 Å². The molecular weight excluding hydrogens is 380 g/mol. The van der Waals surface area contributed by atoms with E-state index in [1.807, 2.05) is 5.41 Å². The molecule has 5 nitrogen and oxygen atoms in total. The van der Waals surface area contributed by atoms with Gasteiger partial charge in [-0.3, -0.25) is 9.62 Å². The van der Waals surface area contributed by atoms with E-state index in [2.05, 4.69) is 46.1 Å². The van der Waals surface area contributed by atoms with E-state index in [4.69, 9.17) is 0 Å². The van der Waals surface area contributed by atoms with Crippen LogP contribution in [0.5, 0.6) is 0 Å². The number of hydrogen-bond acceptors (Lipinski definition) is 4. The van der Waals surface area contributed by atoms with Crippen LogP contribution < -0.4 is 10.0 Å². The van der Waals surface area contributed by atoms with Gasteiger partial charge in [-0.1, -0.05) is 12.1 Å². The zero-order chi connectivity index (χ0) is 20.2. The van der Waals surface area contributed by atoms with Gasteiger partial charge in [-0.05, 0) is 118 Å². The van der Waals surface area contributed by atoms with E-state index >= 15 is 0 Å². The second-order valence-corrected chi connectivity index (χ2v) is 9.47. The zero-order valence-corrected chi connectivity index (χ0v) is 18.6. The summed E-state index contributed by atoms with van der Waals surface area (Å²) in [4.78, 5) is 17.3. The highest BCUT2D eigenvalue weighted by molar-refractivity contribution is 8.00. The molecule has 4 rings (SSSR count). The Morgan fingerprint density at radius 2 is 1.83 bits per heavy atom. The van der Waals surface area contributed by atoms with Crippen LogP contribution in [0.1, 0.15) is 47.9 Å². The fraction of sp³-hybridized carbons (Fsp3) is 0.609. The number of fused-ring (bicyclic) bond motifs is 2. The Balaban J connectivity index is 1.25. The Kier molecular flexibility index (Phi) is 6.83. The highest BCUT2D eigenvalue weighted by atomic mass is 32.2. The molecule has 0 bridgehead atoms. The average molecular weight is 415 g/mol. The Hall–Kier alpha value is -1.50. The molecule has 2 amide bonds. The van der Waals surface area contributed by atoms with E-state index in [0.29, 0.717) is 6.04 Å². The number of carbonyl (C=O) groups excluding carboxylic acids is 1. The minimum atomic E-state index is -0.113. The molecule has 0 unspecified atom stereocenters. The number of aryl methyl sites for hydroxylation is 2. The van der Waals surface area contributed by atoms with E-state index in [1.165, 1.54) is 73.0 Å². The number of piperidine rings is 1. The lowest BCUT2D eigenvalue weighted by atomic mass is 9.99. The van der Waals surface area contributed by atoms with E-state index in [1.54, 1.807) is 0 Å². The molecule has 3 aliphatic rings. The summed E-state index contributed by atoms with van der Waals surface area (Å²) < 4.78 is 2.93. The molecule has 0 saturated carbocycles. The molecule has 1 aromatic carbocycles. The van der Waals surface area contributed by atoms with Gasteiger partial charge in [-0.15, -0.1) is 0 Å². The van der Waals surface area contributed by atoms with Crippen molar-refractivity contribution in [1.82, 2.24) is 14.5 Å². The number of likely N-dealkylation sites (N-methyl/N-ethyl adjacent to an activating group) is 1. The van der Waals surface area contributed by atoms with Gasteiger partial charge in [0.25, 0.3) is 0 Å². The second-order valence-electron chi connectivity index (χ2n) is 8.75. The van der Waals surface area contributed by atoms with Crippen LogP contribution in [0.2, 0.25) is 0 Å². The molecule has 1 aromatic rings. The third kappa shape index (κ3) is 4.98. The summed E-state index contributed by atoms with van der Waals surface area (Å²) in [5.41, 5.74) is 6.76. The summed E-state index contributed by atoms with van der Waals surface area (Å²) in [5, 5.41) is 5.17. The van der Waals surface area contributed by atoms with Crippen molar-refractivity contribution in [3.8, 4) is 0 Å². The van der Waals surface area contributed by atoms with Gasteiger partial charge in [-0.25, -0.2) is 4.79 Å². The predicted octanol–water partition coefficient (Wildman–Crippen LogP) is 3.97. The first-order valence-corrected chi connectivity index (χ1v) is 11.9. The summed E-state index contributed by atoms with van der Waals surface area (Å²) in [7, 11) is 4.39. The summed E-state index contributed by atoms with van der Waals surface area (Å²) in [6.07, 6.45) is 11.5. The van der Waals surface area contributed by atoms with Crippen molar-refractivity contribution >= 4 is 23.7 Å². The molecule has 1 saturated heterocycles. The van der Waals surface area contributed by atoms with Crippen LogP contribution in [0.3, 0.4) is 0 Å². The molecule has 0 radical (unpaired) electrons. The van der Waals surface area contributed by atoms with E-state index in [-0.39, 0.29) is 6.03 Å². The van der Waals surface area contributed by atoms with Crippen LogP contribution in [-0.4, -0.2) is 55.6 Å². The first-order chi connectivity index (χ1) is 14.1. The zero-order valence-electron chi connectivity index (χ0n) is 17.8. The fourth-order valence-electron chi connectivity index (χ4n) is 5.04. The number of nitrogens with zero attached hydrogens (tertiary/aromatic N) is 2. The third-order valence-corrected chi connectivity index (χ3v) is 7.36. The highest BCUT2D eigenvalue weighted by Gasteiger charge is 2.25. The van der Waals surface area contributed by atoms with Gasteiger partial charge in [0.15, 0.2) is 0 Å². The number of nitrogens with one attached hydrogen (secondary N) is 2. The smallest absolute Gasteiger partial charge is 0.307 e. The third-order valence-electron chi connectivity index (χ3n) is 6.73.